The van der Waals surface area contributed by atoms with Gasteiger partial charge in [-0.05, 0) is 36.4 Å². The van der Waals surface area contributed by atoms with Crippen LogP contribution >= 0.6 is 0 Å². The van der Waals surface area contributed by atoms with Gasteiger partial charge in [-0.2, -0.15) is 0 Å². The van der Waals surface area contributed by atoms with E-state index in [1.54, 1.807) is 6.07 Å². The van der Waals surface area contributed by atoms with Crippen LogP contribution in [0.3, 0.4) is 0 Å². The first kappa shape index (κ1) is 8.11. The molecule has 0 atom stereocenters. The van der Waals surface area contributed by atoms with Crippen LogP contribution in [0.5, 0.6) is 5.75 Å². The minimum atomic E-state index is 0.374. The maximum Gasteiger partial charge on any atom is 0.123 e. The summed E-state index contributed by atoms with van der Waals surface area (Å²) in [4.78, 5) is 0. The van der Waals surface area contributed by atoms with Crippen LogP contribution in [0.4, 0.5) is 0 Å². The van der Waals surface area contributed by atoms with Gasteiger partial charge in [0.2, 0.25) is 0 Å². The predicted octanol–water partition coefficient (Wildman–Crippen LogP) is 3.16. The molecule has 0 aliphatic heterocycles. The average Bonchev–Trinajstić information content (AvgIpc) is 2.12. The lowest BCUT2D eigenvalue weighted by Gasteiger charge is -2.06. The zero-order valence-corrected chi connectivity index (χ0v) is 7.83. The number of aromatic hydroxyl groups is 1. The van der Waals surface area contributed by atoms with E-state index >= 15 is 0 Å². The van der Waals surface area contributed by atoms with Crippen molar-refractivity contribution in [1.82, 2.24) is 0 Å². The maximum absolute atomic E-state index is 9.68. The molecule has 13 heavy (non-hydrogen) atoms. The molecule has 1 N–H and O–H groups in total. The fourth-order valence-corrected chi connectivity index (χ4v) is 1.64. The van der Waals surface area contributed by atoms with Crippen molar-refractivity contribution in [1.29, 1.82) is 0 Å². The molecule has 0 radical (unpaired) electrons. The van der Waals surface area contributed by atoms with Crippen molar-refractivity contribution in [2.45, 2.75) is 13.8 Å². The average molecular weight is 172 g/mol. The summed E-state index contributed by atoms with van der Waals surface area (Å²) in [6.45, 7) is 4.10. The van der Waals surface area contributed by atoms with Crippen LogP contribution in [0.1, 0.15) is 11.1 Å². The standard InChI is InChI=1S/C12H12O/c1-8-6-7-10-4-3-5-11(13)12(10)9(8)2/h3-7,13H,1-2H3. The normalized spacial score (nSPS) is 10.6. The molecule has 0 fully saturated rings. The maximum atomic E-state index is 9.68. The number of rotatable bonds is 0. The summed E-state index contributed by atoms with van der Waals surface area (Å²) >= 11 is 0. The van der Waals surface area contributed by atoms with Crippen LogP contribution in [-0.2, 0) is 0 Å². The van der Waals surface area contributed by atoms with E-state index in [2.05, 4.69) is 13.0 Å². The molecule has 0 bridgehead atoms. The second-order valence-corrected chi connectivity index (χ2v) is 3.38. The van der Waals surface area contributed by atoms with Gasteiger partial charge in [0.15, 0.2) is 0 Å². The summed E-state index contributed by atoms with van der Waals surface area (Å²) in [6.07, 6.45) is 0. The summed E-state index contributed by atoms with van der Waals surface area (Å²) in [5.74, 6) is 0.374. The third-order valence-corrected chi connectivity index (χ3v) is 2.55. The van der Waals surface area contributed by atoms with E-state index in [-0.39, 0.29) is 0 Å². The lowest BCUT2D eigenvalue weighted by atomic mass is 10.0. The zero-order chi connectivity index (χ0) is 9.42. The molecule has 66 valence electrons. The van der Waals surface area contributed by atoms with Gasteiger partial charge < -0.3 is 5.11 Å². The molecule has 0 spiro atoms. The number of fused-ring (bicyclic) bond motifs is 1. The Morgan fingerprint density at radius 1 is 1.00 bits per heavy atom. The van der Waals surface area contributed by atoms with Gasteiger partial charge in [-0.25, -0.2) is 0 Å². The van der Waals surface area contributed by atoms with Crippen molar-refractivity contribution in [3.8, 4) is 5.75 Å². The van der Waals surface area contributed by atoms with Gasteiger partial charge in [0.05, 0.1) is 0 Å². The lowest BCUT2D eigenvalue weighted by Crippen LogP contribution is -1.83. The molecule has 0 aliphatic rings. The quantitative estimate of drug-likeness (QED) is 0.647. The Morgan fingerprint density at radius 2 is 1.77 bits per heavy atom. The Kier molecular flexibility index (Phi) is 1.73. The molecule has 0 unspecified atom stereocenters. The Bertz CT molecular complexity index is 458. The monoisotopic (exact) mass is 172 g/mol. The highest BCUT2D eigenvalue weighted by molar-refractivity contribution is 5.91. The molecule has 1 nitrogen and oxygen atoms in total. The van der Waals surface area contributed by atoms with E-state index in [0.29, 0.717) is 5.75 Å². The van der Waals surface area contributed by atoms with Gasteiger partial charge in [-0.15, -0.1) is 0 Å². The van der Waals surface area contributed by atoms with Gasteiger partial charge in [0.1, 0.15) is 5.75 Å². The van der Waals surface area contributed by atoms with E-state index in [1.807, 2.05) is 25.1 Å². The van der Waals surface area contributed by atoms with Crippen molar-refractivity contribution >= 4 is 10.8 Å². The van der Waals surface area contributed by atoms with Crippen LogP contribution < -0.4 is 0 Å². The molecule has 0 saturated heterocycles. The number of hydrogen-bond donors (Lipinski definition) is 1. The highest BCUT2D eigenvalue weighted by atomic mass is 16.3. The fourth-order valence-electron chi connectivity index (χ4n) is 1.64. The van der Waals surface area contributed by atoms with Gasteiger partial charge in [0.25, 0.3) is 0 Å². The van der Waals surface area contributed by atoms with E-state index in [4.69, 9.17) is 0 Å². The minimum absolute atomic E-state index is 0.374. The summed E-state index contributed by atoms with van der Waals surface area (Å²) < 4.78 is 0. The molecule has 0 amide bonds. The number of benzene rings is 2. The Morgan fingerprint density at radius 3 is 2.54 bits per heavy atom. The highest BCUT2D eigenvalue weighted by Crippen LogP contribution is 2.28. The topological polar surface area (TPSA) is 20.2 Å². The van der Waals surface area contributed by atoms with E-state index in [0.717, 1.165) is 16.3 Å². The summed E-state index contributed by atoms with van der Waals surface area (Å²) in [5, 5.41) is 11.8. The zero-order valence-electron chi connectivity index (χ0n) is 7.83. The first-order valence-electron chi connectivity index (χ1n) is 4.38. The van der Waals surface area contributed by atoms with Gasteiger partial charge in [-0.3, -0.25) is 0 Å². The van der Waals surface area contributed by atoms with Crippen molar-refractivity contribution in [2.24, 2.45) is 0 Å². The van der Waals surface area contributed by atoms with Crippen LogP contribution in [0.25, 0.3) is 10.8 Å². The summed E-state index contributed by atoms with van der Waals surface area (Å²) in [7, 11) is 0. The Labute approximate surface area is 77.6 Å². The molecule has 0 aromatic heterocycles. The van der Waals surface area contributed by atoms with E-state index in [9.17, 15) is 5.11 Å². The summed E-state index contributed by atoms with van der Waals surface area (Å²) in [6, 6.07) is 9.73. The molecule has 0 saturated carbocycles. The smallest absolute Gasteiger partial charge is 0.123 e. The van der Waals surface area contributed by atoms with Crippen molar-refractivity contribution in [3.63, 3.8) is 0 Å². The van der Waals surface area contributed by atoms with Gasteiger partial charge in [-0.1, -0.05) is 24.3 Å². The molecule has 1 heteroatoms. The number of phenols is 1. The molecular weight excluding hydrogens is 160 g/mol. The van der Waals surface area contributed by atoms with Crippen molar-refractivity contribution in [3.05, 3.63) is 41.5 Å². The molecule has 2 aromatic rings. The number of phenolic OH excluding ortho intramolecular Hbond substituents is 1. The fraction of sp³-hybridized carbons (Fsp3) is 0.167. The highest BCUT2D eigenvalue weighted by Gasteiger charge is 2.03. The Hall–Kier alpha value is -1.50. The van der Waals surface area contributed by atoms with Crippen LogP contribution in [0, 0.1) is 13.8 Å². The number of aryl methyl sites for hydroxylation is 2. The largest absolute Gasteiger partial charge is 0.507 e. The van der Waals surface area contributed by atoms with Crippen molar-refractivity contribution < 1.29 is 5.11 Å². The van der Waals surface area contributed by atoms with Gasteiger partial charge >= 0.3 is 0 Å². The third-order valence-electron chi connectivity index (χ3n) is 2.55. The van der Waals surface area contributed by atoms with E-state index < -0.39 is 0 Å². The molecule has 0 heterocycles. The predicted molar refractivity (Wildman–Crippen MR) is 55.1 cm³/mol. The lowest BCUT2D eigenvalue weighted by molar-refractivity contribution is 0.481. The molecule has 2 aromatic carbocycles. The van der Waals surface area contributed by atoms with Crippen LogP contribution in [-0.4, -0.2) is 5.11 Å². The van der Waals surface area contributed by atoms with Gasteiger partial charge in [0, 0.05) is 5.39 Å². The molecular formula is C12H12O. The van der Waals surface area contributed by atoms with E-state index in [1.165, 1.54) is 5.56 Å². The van der Waals surface area contributed by atoms with Crippen molar-refractivity contribution in [2.75, 3.05) is 0 Å². The second kappa shape index (κ2) is 2.77. The first-order valence-corrected chi connectivity index (χ1v) is 4.38. The molecule has 0 aliphatic carbocycles. The SMILES string of the molecule is Cc1ccc2cccc(O)c2c1C. The van der Waals surface area contributed by atoms with Crippen LogP contribution in [0.2, 0.25) is 0 Å². The molecule has 2 rings (SSSR count). The minimum Gasteiger partial charge on any atom is -0.507 e. The third kappa shape index (κ3) is 1.17. The first-order chi connectivity index (χ1) is 6.20. The van der Waals surface area contributed by atoms with Crippen LogP contribution in [0.15, 0.2) is 30.3 Å². The summed E-state index contributed by atoms with van der Waals surface area (Å²) in [5.41, 5.74) is 2.38. The Balaban J connectivity index is 2.97. The second-order valence-electron chi connectivity index (χ2n) is 3.38. The number of hydrogen-bond acceptors (Lipinski definition) is 1.